The summed E-state index contributed by atoms with van der Waals surface area (Å²) in [7, 11) is 0. The molecule has 0 radical (unpaired) electrons. The lowest BCUT2D eigenvalue weighted by atomic mass is 9.95. The van der Waals surface area contributed by atoms with E-state index in [1.807, 2.05) is 13.8 Å². The van der Waals surface area contributed by atoms with Crippen molar-refractivity contribution in [2.45, 2.75) is 39.0 Å². The molecule has 0 aliphatic carbocycles. The largest absolute Gasteiger partial charge is 0.416 e. The summed E-state index contributed by atoms with van der Waals surface area (Å²) in [4.78, 5) is 0. The Hall–Kier alpha value is -1.03. The fourth-order valence-electron chi connectivity index (χ4n) is 1.54. The van der Waals surface area contributed by atoms with Crippen molar-refractivity contribution in [2.75, 3.05) is 0 Å². The molecule has 2 atom stereocenters. The van der Waals surface area contributed by atoms with E-state index in [4.69, 9.17) is 0 Å². The maximum absolute atomic E-state index is 12.3. The molecule has 0 saturated heterocycles. The van der Waals surface area contributed by atoms with Crippen molar-refractivity contribution in [1.82, 2.24) is 0 Å². The van der Waals surface area contributed by atoms with Gasteiger partial charge < -0.3 is 5.11 Å². The van der Waals surface area contributed by atoms with Gasteiger partial charge in [0, 0.05) is 0 Å². The Bertz CT molecular complexity index is 343. The molecular weight excluding hydrogens is 229 g/mol. The zero-order valence-electron chi connectivity index (χ0n) is 9.96. The number of aliphatic hydroxyl groups is 1. The zero-order chi connectivity index (χ0) is 13.1. The summed E-state index contributed by atoms with van der Waals surface area (Å²) in [5, 5.41) is 9.78. The SMILES string of the molecule is CCC(C)C(O)Cc1ccc(C(F)(F)F)cc1. The van der Waals surface area contributed by atoms with Gasteiger partial charge in [0.15, 0.2) is 0 Å². The summed E-state index contributed by atoms with van der Waals surface area (Å²) in [6.07, 6.45) is -3.56. The molecule has 1 rings (SSSR count). The van der Waals surface area contributed by atoms with E-state index in [0.717, 1.165) is 24.1 Å². The molecule has 0 spiro atoms. The van der Waals surface area contributed by atoms with Crippen LogP contribution in [0.4, 0.5) is 13.2 Å². The van der Waals surface area contributed by atoms with Crippen LogP contribution in [-0.4, -0.2) is 11.2 Å². The number of hydrogen-bond donors (Lipinski definition) is 1. The molecule has 2 unspecified atom stereocenters. The Morgan fingerprint density at radius 1 is 1.18 bits per heavy atom. The van der Waals surface area contributed by atoms with E-state index in [0.29, 0.717) is 6.42 Å². The smallest absolute Gasteiger partial charge is 0.393 e. The van der Waals surface area contributed by atoms with Gasteiger partial charge in [-0.3, -0.25) is 0 Å². The minimum Gasteiger partial charge on any atom is -0.393 e. The first-order chi connectivity index (χ1) is 7.84. The van der Waals surface area contributed by atoms with Crippen LogP contribution >= 0.6 is 0 Å². The summed E-state index contributed by atoms with van der Waals surface area (Å²) < 4.78 is 36.9. The maximum atomic E-state index is 12.3. The minimum absolute atomic E-state index is 0.150. The molecule has 0 aliphatic rings. The number of halogens is 3. The number of hydrogen-bond acceptors (Lipinski definition) is 1. The van der Waals surface area contributed by atoms with Gasteiger partial charge in [-0.25, -0.2) is 0 Å². The van der Waals surface area contributed by atoms with Crippen LogP contribution in [0.5, 0.6) is 0 Å². The number of benzene rings is 1. The molecule has 0 saturated carbocycles. The third-order valence-corrected chi connectivity index (χ3v) is 3.03. The van der Waals surface area contributed by atoms with Gasteiger partial charge in [0.1, 0.15) is 0 Å². The van der Waals surface area contributed by atoms with E-state index >= 15 is 0 Å². The molecular formula is C13H17F3O. The van der Waals surface area contributed by atoms with Crippen molar-refractivity contribution in [3.8, 4) is 0 Å². The van der Waals surface area contributed by atoms with Crippen molar-refractivity contribution in [1.29, 1.82) is 0 Å². The summed E-state index contributed by atoms with van der Waals surface area (Å²) >= 11 is 0. The first-order valence-corrected chi connectivity index (χ1v) is 5.68. The van der Waals surface area contributed by atoms with Crippen molar-refractivity contribution in [3.63, 3.8) is 0 Å². The third kappa shape index (κ3) is 4.04. The standard InChI is InChI=1S/C13H17F3O/c1-3-9(2)12(17)8-10-4-6-11(7-5-10)13(14,15)16/h4-7,9,12,17H,3,8H2,1-2H3. The van der Waals surface area contributed by atoms with Crippen LogP contribution in [-0.2, 0) is 12.6 Å². The van der Waals surface area contributed by atoms with E-state index in [1.54, 1.807) is 0 Å². The van der Waals surface area contributed by atoms with Crippen molar-refractivity contribution in [2.24, 2.45) is 5.92 Å². The van der Waals surface area contributed by atoms with Gasteiger partial charge in [-0.1, -0.05) is 32.4 Å². The van der Waals surface area contributed by atoms with Crippen LogP contribution in [0, 0.1) is 5.92 Å². The molecule has 96 valence electrons. The maximum Gasteiger partial charge on any atom is 0.416 e. The van der Waals surface area contributed by atoms with Crippen molar-refractivity contribution >= 4 is 0 Å². The monoisotopic (exact) mass is 246 g/mol. The normalized spacial score (nSPS) is 15.6. The summed E-state index contributed by atoms with van der Waals surface area (Å²) in [6, 6.07) is 4.96. The van der Waals surface area contributed by atoms with Crippen LogP contribution < -0.4 is 0 Å². The highest BCUT2D eigenvalue weighted by Gasteiger charge is 2.30. The average Bonchev–Trinajstić information content (AvgIpc) is 2.27. The second-order valence-electron chi connectivity index (χ2n) is 4.35. The molecule has 0 amide bonds. The molecule has 0 bridgehead atoms. The van der Waals surface area contributed by atoms with Crippen LogP contribution in [0.2, 0.25) is 0 Å². The Balaban J connectivity index is 2.69. The van der Waals surface area contributed by atoms with Crippen LogP contribution in [0.1, 0.15) is 31.4 Å². The predicted molar refractivity (Wildman–Crippen MR) is 60.6 cm³/mol. The molecule has 1 nitrogen and oxygen atoms in total. The minimum atomic E-state index is -4.30. The van der Waals surface area contributed by atoms with Gasteiger partial charge in [0.05, 0.1) is 11.7 Å². The van der Waals surface area contributed by atoms with Crippen LogP contribution in [0.25, 0.3) is 0 Å². The molecule has 0 aromatic heterocycles. The number of rotatable bonds is 4. The Kier molecular flexibility index (Phi) is 4.57. The van der Waals surface area contributed by atoms with E-state index in [1.165, 1.54) is 12.1 Å². The number of aliphatic hydroxyl groups excluding tert-OH is 1. The quantitative estimate of drug-likeness (QED) is 0.859. The summed E-state index contributed by atoms with van der Waals surface area (Å²) in [5.74, 6) is 0.150. The second kappa shape index (κ2) is 5.54. The zero-order valence-corrected chi connectivity index (χ0v) is 9.96. The summed E-state index contributed by atoms with van der Waals surface area (Å²) in [5.41, 5.74) is 0.0741. The van der Waals surface area contributed by atoms with Gasteiger partial charge in [-0.2, -0.15) is 13.2 Å². The van der Waals surface area contributed by atoms with Crippen LogP contribution in [0.15, 0.2) is 24.3 Å². The van der Waals surface area contributed by atoms with Gasteiger partial charge >= 0.3 is 6.18 Å². The lowest BCUT2D eigenvalue weighted by Crippen LogP contribution is -2.19. The molecule has 0 heterocycles. The highest BCUT2D eigenvalue weighted by Crippen LogP contribution is 2.29. The summed E-state index contributed by atoms with van der Waals surface area (Å²) in [6.45, 7) is 3.90. The fourth-order valence-corrected chi connectivity index (χ4v) is 1.54. The van der Waals surface area contributed by atoms with E-state index in [-0.39, 0.29) is 5.92 Å². The lowest BCUT2D eigenvalue weighted by molar-refractivity contribution is -0.137. The Morgan fingerprint density at radius 3 is 2.12 bits per heavy atom. The van der Waals surface area contributed by atoms with Gasteiger partial charge in [-0.15, -0.1) is 0 Å². The lowest BCUT2D eigenvalue weighted by Gasteiger charge is -2.17. The first-order valence-electron chi connectivity index (χ1n) is 5.68. The van der Waals surface area contributed by atoms with E-state index in [9.17, 15) is 18.3 Å². The van der Waals surface area contributed by atoms with Crippen molar-refractivity contribution in [3.05, 3.63) is 35.4 Å². The van der Waals surface area contributed by atoms with Crippen LogP contribution in [0.3, 0.4) is 0 Å². The highest BCUT2D eigenvalue weighted by atomic mass is 19.4. The third-order valence-electron chi connectivity index (χ3n) is 3.03. The Labute approximate surface area is 99.3 Å². The fraction of sp³-hybridized carbons (Fsp3) is 0.538. The topological polar surface area (TPSA) is 20.2 Å². The highest BCUT2D eigenvalue weighted by molar-refractivity contribution is 5.25. The predicted octanol–water partition coefficient (Wildman–Crippen LogP) is 3.65. The van der Waals surface area contributed by atoms with E-state index in [2.05, 4.69) is 0 Å². The van der Waals surface area contributed by atoms with Gasteiger partial charge in [0.25, 0.3) is 0 Å². The molecule has 0 fully saturated rings. The molecule has 17 heavy (non-hydrogen) atoms. The molecule has 4 heteroatoms. The molecule has 1 aromatic carbocycles. The molecule has 1 N–H and O–H groups in total. The second-order valence-corrected chi connectivity index (χ2v) is 4.35. The van der Waals surface area contributed by atoms with Crippen molar-refractivity contribution < 1.29 is 18.3 Å². The van der Waals surface area contributed by atoms with Gasteiger partial charge in [-0.05, 0) is 30.0 Å². The van der Waals surface area contributed by atoms with Gasteiger partial charge in [0.2, 0.25) is 0 Å². The average molecular weight is 246 g/mol. The Morgan fingerprint density at radius 2 is 1.71 bits per heavy atom. The molecule has 1 aromatic rings. The number of alkyl halides is 3. The molecule has 0 aliphatic heterocycles. The van der Waals surface area contributed by atoms with E-state index < -0.39 is 17.8 Å². The first kappa shape index (κ1) is 14.0.